The zero-order chi connectivity index (χ0) is 33.0. The monoisotopic (exact) mass is 637 g/mol. The summed E-state index contributed by atoms with van der Waals surface area (Å²) in [5.74, 6) is 0. The van der Waals surface area contributed by atoms with Crippen LogP contribution in [0.1, 0.15) is 0 Å². The van der Waals surface area contributed by atoms with E-state index in [2.05, 4.69) is 187 Å². The lowest BCUT2D eigenvalue weighted by Crippen LogP contribution is -2.11. The van der Waals surface area contributed by atoms with Crippen molar-refractivity contribution >= 4 is 71.3 Å². The fraction of sp³-hybridized carbons (Fsp3) is 0. The summed E-state index contributed by atoms with van der Waals surface area (Å²) in [6, 6.07) is 67.5. The Hall–Kier alpha value is -6.64. The van der Waals surface area contributed by atoms with Crippen molar-refractivity contribution in [1.82, 2.24) is 0 Å². The molecule has 0 aliphatic carbocycles. The number of benzene rings is 9. The maximum absolute atomic E-state index is 6.63. The second-order valence-corrected chi connectivity index (χ2v) is 12.9. The van der Waals surface area contributed by atoms with Crippen LogP contribution in [-0.4, -0.2) is 0 Å². The van der Waals surface area contributed by atoms with Gasteiger partial charge in [0.25, 0.3) is 0 Å². The number of rotatable bonds is 5. The molecule has 2 heteroatoms. The highest BCUT2D eigenvalue weighted by Crippen LogP contribution is 2.47. The summed E-state index contributed by atoms with van der Waals surface area (Å²) in [5, 5.41) is 9.44. The molecule has 0 spiro atoms. The first kappa shape index (κ1) is 28.4. The normalized spacial score (nSPS) is 11.6. The fourth-order valence-corrected chi connectivity index (χ4v) is 7.75. The summed E-state index contributed by atoms with van der Waals surface area (Å²) in [6.07, 6.45) is 0. The van der Waals surface area contributed by atoms with Crippen LogP contribution in [-0.2, 0) is 0 Å². The van der Waals surface area contributed by atoms with Gasteiger partial charge < -0.3 is 9.32 Å². The van der Waals surface area contributed by atoms with Crippen LogP contribution in [0.15, 0.2) is 192 Å². The molecule has 9 aromatic carbocycles. The molecule has 0 bridgehead atoms. The Morgan fingerprint density at radius 3 is 1.76 bits per heavy atom. The number of hydrogen-bond acceptors (Lipinski definition) is 2. The van der Waals surface area contributed by atoms with E-state index in [0.717, 1.165) is 60.9 Å². The van der Waals surface area contributed by atoms with E-state index < -0.39 is 0 Å². The lowest BCUT2D eigenvalue weighted by atomic mass is 9.94. The van der Waals surface area contributed by atoms with Gasteiger partial charge in [0, 0.05) is 32.8 Å². The highest BCUT2D eigenvalue weighted by atomic mass is 16.3. The number of anilines is 3. The molecule has 0 atom stereocenters. The van der Waals surface area contributed by atoms with Gasteiger partial charge in [0.05, 0.1) is 11.4 Å². The Kier molecular flexibility index (Phi) is 6.53. The van der Waals surface area contributed by atoms with Crippen molar-refractivity contribution < 1.29 is 4.42 Å². The van der Waals surface area contributed by atoms with Crippen LogP contribution in [0.4, 0.5) is 17.1 Å². The van der Waals surface area contributed by atoms with Crippen LogP contribution >= 0.6 is 0 Å². The summed E-state index contributed by atoms with van der Waals surface area (Å²) in [4.78, 5) is 2.42. The molecule has 2 nitrogen and oxygen atoms in total. The molecule has 0 unspecified atom stereocenters. The van der Waals surface area contributed by atoms with Crippen LogP contribution in [0, 0.1) is 0 Å². The van der Waals surface area contributed by atoms with Gasteiger partial charge in [-0.05, 0) is 74.6 Å². The van der Waals surface area contributed by atoms with Gasteiger partial charge in [-0.15, -0.1) is 0 Å². The van der Waals surface area contributed by atoms with E-state index in [1.165, 1.54) is 32.7 Å². The molecule has 1 aromatic heterocycles. The molecule has 0 aliphatic heterocycles. The van der Waals surface area contributed by atoms with Crippen molar-refractivity contribution in [2.75, 3.05) is 4.90 Å². The lowest BCUT2D eigenvalue weighted by Gasteiger charge is -2.29. The van der Waals surface area contributed by atoms with E-state index in [1.807, 2.05) is 6.07 Å². The highest BCUT2D eigenvalue weighted by molar-refractivity contribution is 6.19. The molecule has 0 N–H and O–H groups in total. The number of nitrogens with zero attached hydrogens (tertiary/aromatic N) is 1. The van der Waals surface area contributed by atoms with E-state index in [-0.39, 0.29) is 0 Å². The maximum atomic E-state index is 6.63. The summed E-state index contributed by atoms with van der Waals surface area (Å²) in [7, 11) is 0. The number of para-hydroxylation sites is 2. The third kappa shape index (κ3) is 4.50. The molecular formula is C48H31NO. The minimum absolute atomic E-state index is 0.904. The van der Waals surface area contributed by atoms with E-state index in [0.29, 0.717) is 0 Å². The molecule has 0 amide bonds. The number of fused-ring (bicyclic) bond motifs is 7. The Bertz CT molecular complexity index is 2870. The van der Waals surface area contributed by atoms with Gasteiger partial charge in [-0.3, -0.25) is 0 Å². The van der Waals surface area contributed by atoms with Crippen molar-refractivity contribution in [3.8, 4) is 22.3 Å². The van der Waals surface area contributed by atoms with Crippen LogP contribution < -0.4 is 4.90 Å². The van der Waals surface area contributed by atoms with E-state index in [1.54, 1.807) is 0 Å². The standard InChI is InChI=1S/C48H31NO/c1-3-17-37-32(12-1)14-9-21-38(37)34-26-29-36(30-27-34)49(44-24-11-15-33-13-2-4-18-39(33)44)45-23-7-5-19-40(45)42-22-10-16-35-28-31-43-41-20-6-8-25-46(41)50-48(43)47(35)42/h1-31H. The van der Waals surface area contributed by atoms with Gasteiger partial charge in [-0.2, -0.15) is 0 Å². The SMILES string of the molecule is c1ccc(N(c2ccc(-c3cccc4ccccc34)cc2)c2cccc3ccccc23)c(-c2cccc3ccc4c5ccccc5oc4c23)c1. The molecule has 0 fully saturated rings. The molecule has 50 heavy (non-hydrogen) atoms. The Labute approximate surface area is 290 Å². The smallest absolute Gasteiger partial charge is 0.143 e. The van der Waals surface area contributed by atoms with Crippen LogP contribution in [0.25, 0.3) is 76.5 Å². The van der Waals surface area contributed by atoms with Gasteiger partial charge in [0.2, 0.25) is 0 Å². The quantitative estimate of drug-likeness (QED) is 0.187. The van der Waals surface area contributed by atoms with Crippen molar-refractivity contribution in [1.29, 1.82) is 0 Å². The predicted octanol–water partition coefficient (Wildman–Crippen LogP) is 13.8. The fourth-order valence-electron chi connectivity index (χ4n) is 7.75. The molecule has 0 aliphatic rings. The molecule has 0 radical (unpaired) electrons. The molecule has 1 heterocycles. The zero-order valence-electron chi connectivity index (χ0n) is 27.3. The zero-order valence-corrected chi connectivity index (χ0v) is 27.3. The van der Waals surface area contributed by atoms with Gasteiger partial charge in [0.15, 0.2) is 0 Å². The maximum Gasteiger partial charge on any atom is 0.143 e. The van der Waals surface area contributed by atoms with Gasteiger partial charge in [0.1, 0.15) is 11.2 Å². The van der Waals surface area contributed by atoms with E-state index in [4.69, 9.17) is 4.42 Å². The Morgan fingerprint density at radius 1 is 0.340 bits per heavy atom. The molecule has 10 rings (SSSR count). The first-order valence-electron chi connectivity index (χ1n) is 17.1. The molecule has 0 saturated heterocycles. The second-order valence-electron chi connectivity index (χ2n) is 12.9. The van der Waals surface area contributed by atoms with Crippen LogP contribution in [0.5, 0.6) is 0 Å². The number of furan rings is 1. The van der Waals surface area contributed by atoms with E-state index in [9.17, 15) is 0 Å². The minimum atomic E-state index is 0.904. The Balaban J connectivity index is 1.22. The van der Waals surface area contributed by atoms with E-state index >= 15 is 0 Å². The van der Waals surface area contributed by atoms with Gasteiger partial charge in [-0.1, -0.05) is 152 Å². The number of hydrogen-bond donors (Lipinski definition) is 0. The molecule has 234 valence electrons. The molecule has 0 saturated carbocycles. The second kappa shape index (κ2) is 11.5. The van der Waals surface area contributed by atoms with Crippen molar-refractivity contribution in [3.63, 3.8) is 0 Å². The average Bonchev–Trinajstić information content (AvgIpc) is 3.57. The lowest BCUT2D eigenvalue weighted by molar-refractivity contribution is 0.673. The first-order chi connectivity index (χ1) is 24.8. The highest BCUT2D eigenvalue weighted by Gasteiger charge is 2.22. The predicted molar refractivity (Wildman–Crippen MR) is 212 cm³/mol. The van der Waals surface area contributed by atoms with Crippen molar-refractivity contribution in [3.05, 3.63) is 188 Å². The van der Waals surface area contributed by atoms with Crippen molar-refractivity contribution in [2.24, 2.45) is 0 Å². The topological polar surface area (TPSA) is 16.4 Å². The molecule has 10 aromatic rings. The Morgan fingerprint density at radius 2 is 0.920 bits per heavy atom. The first-order valence-corrected chi connectivity index (χ1v) is 17.1. The van der Waals surface area contributed by atoms with Crippen molar-refractivity contribution in [2.45, 2.75) is 0 Å². The third-order valence-electron chi connectivity index (χ3n) is 10.1. The third-order valence-corrected chi connectivity index (χ3v) is 10.1. The summed E-state index contributed by atoms with van der Waals surface area (Å²) in [5.41, 5.74) is 9.84. The average molecular weight is 638 g/mol. The molecular weight excluding hydrogens is 607 g/mol. The van der Waals surface area contributed by atoms with Crippen LogP contribution in [0.2, 0.25) is 0 Å². The minimum Gasteiger partial charge on any atom is -0.455 e. The van der Waals surface area contributed by atoms with Gasteiger partial charge >= 0.3 is 0 Å². The summed E-state index contributed by atoms with van der Waals surface area (Å²) in [6.45, 7) is 0. The van der Waals surface area contributed by atoms with Crippen LogP contribution in [0.3, 0.4) is 0 Å². The van der Waals surface area contributed by atoms with Gasteiger partial charge in [-0.25, -0.2) is 0 Å². The summed E-state index contributed by atoms with van der Waals surface area (Å²) >= 11 is 0. The summed E-state index contributed by atoms with van der Waals surface area (Å²) < 4.78 is 6.63. The largest absolute Gasteiger partial charge is 0.455 e.